The number of halogens is 9. The van der Waals surface area contributed by atoms with Crippen LogP contribution in [0.5, 0.6) is 0 Å². The molecule has 0 bridgehead atoms. The summed E-state index contributed by atoms with van der Waals surface area (Å²) in [5, 5.41) is 7.28. The van der Waals surface area contributed by atoms with Gasteiger partial charge in [0, 0.05) is 0 Å². The molecule has 130 valence electrons. The first-order chi connectivity index (χ1) is 8.77. The average Bonchev–Trinajstić information content (AvgIpc) is 2.12. The molecule has 0 aromatic rings. The summed E-state index contributed by atoms with van der Waals surface area (Å²) in [6.07, 6.45) is -4.40. The van der Waals surface area contributed by atoms with Gasteiger partial charge in [-0.1, -0.05) is 0 Å². The van der Waals surface area contributed by atoms with Gasteiger partial charge in [-0.15, -0.1) is 3.63 Å². The molecule has 0 atom stereocenters. The van der Waals surface area contributed by atoms with Crippen LogP contribution in [0.2, 0.25) is 0 Å². The Bertz CT molecular complexity index is 480. The number of aliphatic hydroxyl groups is 1. The maximum Gasteiger partial charge on any atom is 0.524 e. The van der Waals surface area contributed by atoms with E-state index < -0.39 is 44.0 Å². The Morgan fingerprint density at radius 2 is 0.905 bits per heavy atom. The van der Waals surface area contributed by atoms with Crippen LogP contribution in [0.4, 0.5) is 39.5 Å². The van der Waals surface area contributed by atoms with E-state index in [1.54, 1.807) is 0 Å². The second-order valence-electron chi connectivity index (χ2n) is 2.64. The Balaban J connectivity index is 0. The van der Waals surface area contributed by atoms with Gasteiger partial charge >= 0.3 is 37.4 Å². The minimum Gasteiger partial charge on any atom is -0.387 e. The summed E-state index contributed by atoms with van der Waals surface area (Å²) in [5.41, 5.74) is -12.5. The molecular formula is C4H3F9O6S2. The van der Waals surface area contributed by atoms with E-state index in [-0.39, 0.29) is 0 Å². The van der Waals surface area contributed by atoms with E-state index in [4.69, 9.17) is 5.11 Å². The predicted octanol–water partition coefficient (Wildman–Crippen LogP) is 1.24. The molecule has 0 fully saturated rings. The summed E-state index contributed by atoms with van der Waals surface area (Å²) < 4.78 is 142. The summed E-state index contributed by atoms with van der Waals surface area (Å²) in [5.74, 6) is 0. The van der Waals surface area contributed by atoms with Gasteiger partial charge < -0.3 is 5.11 Å². The average molecular weight is 382 g/mol. The molecular weight excluding hydrogens is 379 g/mol. The zero-order valence-corrected chi connectivity index (χ0v) is 10.5. The summed E-state index contributed by atoms with van der Waals surface area (Å²) in [6, 6.07) is 0. The molecule has 0 unspecified atom stereocenters. The quantitative estimate of drug-likeness (QED) is 0.570. The maximum atomic E-state index is 11.4. The van der Waals surface area contributed by atoms with Gasteiger partial charge in [-0.05, 0) is 0 Å². The van der Waals surface area contributed by atoms with Gasteiger partial charge in [-0.3, -0.25) is 0 Å². The number of hydrogen-bond donors (Lipinski definition) is 1. The molecule has 17 heteroatoms. The molecule has 0 rings (SSSR count). The Morgan fingerprint density at radius 3 is 1.00 bits per heavy atom. The number of alkyl halides is 9. The van der Waals surface area contributed by atoms with Gasteiger partial charge in [0.25, 0.3) is 0 Å². The molecule has 6 nitrogen and oxygen atoms in total. The molecule has 0 aliphatic heterocycles. The summed E-state index contributed by atoms with van der Waals surface area (Å²) in [4.78, 5) is 0. The Kier molecular flexibility index (Phi) is 6.98. The molecule has 0 radical (unpaired) electrons. The number of aliphatic hydroxyl groups excluding tert-OH is 1. The normalized spacial score (nSPS) is 14.4. The van der Waals surface area contributed by atoms with Crippen molar-refractivity contribution in [3.05, 3.63) is 0 Å². The van der Waals surface area contributed by atoms with Crippen molar-refractivity contribution in [2.45, 2.75) is 17.2 Å². The summed E-state index contributed by atoms with van der Waals surface area (Å²) >= 11 is 0. The molecule has 0 amide bonds. The Hall–Kier alpha value is -0.810. The van der Waals surface area contributed by atoms with Crippen LogP contribution in [0.1, 0.15) is 0 Å². The van der Waals surface area contributed by atoms with Crippen LogP contribution in [-0.2, 0) is 23.9 Å². The number of rotatable bonds is 2. The van der Waals surface area contributed by atoms with Crippen LogP contribution in [0, 0.1) is 0 Å². The second-order valence-corrected chi connectivity index (χ2v) is 5.93. The largest absolute Gasteiger partial charge is 0.524 e. The SMILES string of the molecule is O=S(=O)(OS(=O)(=O)C(F)(F)F)C(F)(F)F.OCC(F)(F)F. The topological polar surface area (TPSA) is 97.7 Å². The summed E-state index contributed by atoms with van der Waals surface area (Å²) in [7, 11) is -13.7. The van der Waals surface area contributed by atoms with Crippen molar-refractivity contribution in [2.75, 3.05) is 6.61 Å². The molecule has 0 aliphatic carbocycles. The van der Waals surface area contributed by atoms with Crippen LogP contribution < -0.4 is 0 Å². The van der Waals surface area contributed by atoms with Crippen molar-refractivity contribution in [1.29, 1.82) is 0 Å². The van der Waals surface area contributed by atoms with E-state index in [1.165, 1.54) is 0 Å². The minimum atomic E-state index is -6.85. The van der Waals surface area contributed by atoms with Gasteiger partial charge in [-0.2, -0.15) is 56.3 Å². The van der Waals surface area contributed by atoms with Crippen molar-refractivity contribution in [3.8, 4) is 0 Å². The van der Waals surface area contributed by atoms with Crippen molar-refractivity contribution < 1.29 is 65.1 Å². The van der Waals surface area contributed by atoms with Crippen molar-refractivity contribution in [1.82, 2.24) is 0 Å². The standard InChI is InChI=1S/C2F6O5S2.C2H3F3O/c3-1(4,5)14(9,10)13-15(11,12)2(6,7)8;3-2(4,5)1-6/h;6H,1H2. The first-order valence-electron chi connectivity index (χ1n) is 3.78. The van der Waals surface area contributed by atoms with Gasteiger partial charge in [0.05, 0.1) is 0 Å². The Labute approximate surface area is 110 Å². The third-order valence-electron chi connectivity index (χ3n) is 0.925. The molecule has 0 aromatic carbocycles. The third kappa shape index (κ3) is 8.27. The fourth-order valence-electron chi connectivity index (χ4n) is 0.195. The zero-order chi connectivity index (χ0) is 17.9. The van der Waals surface area contributed by atoms with Crippen LogP contribution in [-0.4, -0.2) is 45.7 Å². The highest BCUT2D eigenvalue weighted by atomic mass is 32.3. The lowest BCUT2D eigenvalue weighted by Gasteiger charge is -2.09. The lowest BCUT2D eigenvalue weighted by Crippen LogP contribution is -2.34. The highest BCUT2D eigenvalue weighted by Gasteiger charge is 2.57. The molecule has 1 N–H and O–H groups in total. The van der Waals surface area contributed by atoms with E-state index in [0.29, 0.717) is 0 Å². The minimum absolute atomic E-state index is 1.73. The number of hydrogen-bond acceptors (Lipinski definition) is 6. The molecule has 0 heterocycles. The van der Waals surface area contributed by atoms with Gasteiger partial charge in [0.2, 0.25) is 0 Å². The molecule has 0 saturated heterocycles. The van der Waals surface area contributed by atoms with E-state index in [2.05, 4.69) is 0 Å². The zero-order valence-electron chi connectivity index (χ0n) is 8.91. The second kappa shape index (κ2) is 6.53. The fraction of sp³-hybridized carbons (Fsp3) is 1.00. The van der Waals surface area contributed by atoms with Crippen LogP contribution >= 0.6 is 0 Å². The van der Waals surface area contributed by atoms with Crippen molar-refractivity contribution >= 4 is 20.2 Å². The van der Waals surface area contributed by atoms with Crippen molar-refractivity contribution in [2.24, 2.45) is 0 Å². The van der Waals surface area contributed by atoms with Gasteiger partial charge in [0.15, 0.2) is 0 Å². The third-order valence-corrected chi connectivity index (χ3v) is 3.49. The van der Waals surface area contributed by atoms with Crippen LogP contribution in [0.3, 0.4) is 0 Å². The predicted molar refractivity (Wildman–Crippen MR) is 44.2 cm³/mol. The van der Waals surface area contributed by atoms with E-state index in [9.17, 15) is 56.3 Å². The molecule has 0 spiro atoms. The van der Waals surface area contributed by atoms with Gasteiger partial charge in [0.1, 0.15) is 6.61 Å². The van der Waals surface area contributed by atoms with Gasteiger partial charge in [-0.25, -0.2) is 0 Å². The maximum absolute atomic E-state index is 11.4. The van der Waals surface area contributed by atoms with Crippen molar-refractivity contribution in [3.63, 3.8) is 0 Å². The lowest BCUT2D eigenvalue weighted by atomic mass is 10.7. The Morgan fingerprint density at radius 1 is 0.714 bits per heavy atom. The highest BCUT2D eigenvalue weighted by molar-refractivity contribution is 8.00. The molecule has 21 heavy (non-hydrogen) atoms. The molecule has 0 saturated carbocycles. The highest BCUT2D eigenvalue weighted by Crippen LogP contribution is 2.32. The van der Waals surface area contributed by atoms with Crippen LogP contribution in [0.25, 0.3) is 0 Å². The lowest BCUT2D eigenvalue weighted by molar-refractivity contribution is -0.159. The monoisotopic (exact) mass is 382 g/mol. The van der Waals surface area contributed by atoms with E-state index >= 15 is 0 Å². The first-order valence-corrected chi connectivity index (χ1v) is 6.60. The van der Waals surface area contributed by atoms with E-state index in [1.807, 2.05) is 3.63 Å². The smallest absolute Gasteiger partial charge is 0.387 e. The van der Waals surface area contributed by atoms with Crippen LogP contribution in [0.15, 0.2) is 0 Å². The molecule has 0 aliphatic rings. The summed E-state index contributed by atoms with van der Waals surface area (Å²) in [6.45, 7) is -1.73. The fourth-order valence-corrected chi connectivity index (χ4v) is 1.76. The first kappa shape index (κ1) is 22.5. The van der Waals surface area contributed by atoms with E-state index in [0.717, 1.165) is 0 Å². The molecule has 0 aromatic heterocycles.